The van der Waals surface area contributed by atoms with Crippen LogP contribution in [0.1, 0.15) is 21.5 Å². The third-order valence-electron chi connectivity index (χ3n) is 5.34. The maximum Gasteiger partial charge on any atom is 0.278 e. The molecule has 2 N–H and O–H groups in total. The van der Waals surface area contributed by atoms with E-state index in [-0.39, 0.29) is 16.1 Å². The fourth-order valence-electron chi connectivity index (χ4n) is 3.51. The maximum absolute atomic E-state index is 13.5. The molecule has 0 saturated heterocycles. The first kappa shape index (κ1) is 23.8. The van der Waals surface area contributed by atoms with Gasteiger partial charge in [-0.05, 0) is 54.6 Å². The smallest absolute Gasteiger partial charge is 0.278 e. The largest absolute Gasteiger partial charge is 0.497 e. The average Bonchev–Trinajstić information content (AvgIpc) is 2.90. The number of sulfonamides is 1. The summed E-state index contributed by atoms with van der Waals surface area (Å²) >= 11 is 0. The number of carbonyl (C=O) groups excluding carboxylic acids is 1. The van der Waals surface area contributed by atoms with Crippen LogP contribution in [0, 0.1) is 11.8 Å². The number of aromatic nitrogens is 1. The summed E-state index contributed by atoms with van der Waals surface area (Å²) in [4.78, 5) is 16.7. The first-order chi connectivity index (χ1) is 16.8. The molecule has 0 fully saturated rings. The van der Waals surface area contributed by atoms with Gasteiger partial charge in [-0.25, -0.2) is 13.9 Å². The zero-order chi connectivity index (χ0) is 25.0. The number of ether oxygens (including phenoxy) is 1. The van der Waals surface area contributed by atoms with E-state index >= 15 is 0 Å². The number of pyridine rings is 1. The van der Waals surface area contributed by atoms with E-state index in [0.29, 0.717) is 22.2 Å². The normalized spacial score (nSPS) is 10.8. The Morgan fingerprint density at radius 3 is 2.34 bits per heavy atom. The van der Waals surface area contributed by atoms with Crippen LogP contribution in [0.25, 0.3) is 10.9 Å². The molecule has 9 heteroatoms. The van der Waals surface area contributed by atoms with E-state index in [1.165, 1.54) is 44.6 Å². The summed E-state index contributed by atoms with van der Waals surface area (Å²) in [6, 6.07) is 20.4. The number of carbonyl (C=O) groups is 1. The number of amides is 1. The number of rotatable bonds is 5. The Balaban J connectivity index is 1.89. The van der Waals surface area contributed by atoms with Gasteiger partial charge in [-0.15, -0.1) is 0 Å². The Hall–Kier alpha value is -4.39. The summed E-state index contributed by atoms with van der Waals surface area (Å²) in [6.07, 6.45) is 1.22. The monoisotopic (exact) mass is 487 g/mol. The van der Waals surface area contributed by atoms with Crippen LogP contribution in [0.4, 0.5) is 5.69 Å². The van der Waals surface area contributed by atoms with E-state index in [9.17, 15) is 18.4 Å². The quantitative estimate of drug-likeness (QED) is 0.253. The molecule has 0 atom stereocenters. The highest BCUT2D eigenvalue weighted by Gasteiger charge is 2.28. The molecule has 176 valence electrons. The molecule has 3 aromatic carbocycles. The molecule has 0 unspecified atom stereocenters. The Bertz CT molecular complexity index is 1560. The summed E-state index contributed by atoms with van der Waals surface area (Å²) in [5.74, 6) is 5.72. The Morgan fingerprint density at radius 1 is 1.00 bits per heavy atom. The lowest BCUT2D eigenvalue weighted by Crippen LogP contribution is -2.30. The lowest BCUT2D eigenvalue weighted by atomic mass is 10.1. The van der Waals surface area contributed by atoms with Crippen molar-refractivity contribution in [2.75, 3.05) is 18.5 Å². The molecule has 0 aliphatic rings. The number of nitrogens with zero attached hydrogens (tertiary/aromatic N) is 2. The molecule has 0 bridgehead atoms. The Kier molecular flexibility index (Phi) is 6.68. The first-order valence-electron chi connectivity index (χ1n) is 10.4. The number of anilines is 1. The van der Waals surface area contributed by atoms with Gasteiger partial charge in [0.05, 0.1) is 28.8 Å². The molecule has 0 aliphatic carbocycles. The van der Waals surface area contributed by atoms with Crippen molar-refractivity contribution in [1.82, 2.24) is 10.5 Å². The number of hydrogen-bond donors (Lipinski definition) is 2. The Morgan fingerprint density at radius 2 is 1.69 bits per heavy atom. The van der Waals surface area contributed by atoms with Crippen molar-refractivity contribution in [2.24, 2.45) is 0 Å². The average molecular weight is 488 g/mol. The standard InChI is InChI=1S/C26H21N3O5S/c1-29(35(32,33)21-13-11-20(34-2)12-14-21)25-22-16-19(9-8-18-6-4-3-5-7-18)10-15-24(22)27-17-23(25)26(30)28-31/h3-7,10-17,31H,1-2H3,(H,28,30). The summed E-state index contributed by atoms with van der Waals surface area (Å²) < 4.78 is 33.1. The predicted octanol–water partition coefficient (Wildman–Crippen LogP) is 3.59. The molecule has 0 spiro atoms. The van der Waals surface area contributed by atoms with E-state index < -0.39 is 15.9 Å². The molecule has 0 saturated carbocycles. The van der Waals surface area contributed by atoms with Crippen molar-refractivity contribution in [2.45, 2.75) is 4.90 Å². The molecule has 35 heavy (non-hydrogen) atoms. The first-order valence-corrected chi connectivity index (χ1v) is 11.9. The van der Waals surface area contributed by atoms with Crippen molar-refractivity contribution in [3.63, 3.8) is 0 Å². The molecule has 0 radical (unpaired) electrons. The van der Waals surface area contributed by atoms with Crippen molar-refractivity contribution in [1.29, 1.82) is 0 Å². The highest BCUT2D eigenvalue weighted by atomic mass is 32.2. The van der Waals surface area contributed by atoms with Crippen LogP contribution in [0.2, 0.25) is 0 Å². The van der Waals surface area contributed by atoms with Gasteiger partial charge in [0.15, 0.2) is 0 Å². The number of methoxy groups -OCH3 is 1. The SMILES string of the molecule is COc1ccc(S(=O)(=O)N(C)c2c(C(=O)NO)cnc3ccc(C#Cc4ccccc4)cc23)cc1. The van der Waals surface area contributed by atoms with Gasteiger partial charge in [-0.3, -0.25) is 19.3 Å². The second-order valence-corrected chi connectivity index (χ2v) is 9.43. The third kappa shape index (κ3) is 4.80. The zero-order valence-electron chi connectivity index (χ0n) is 18.9. The highest BCUT2D eigenvalue weighted by molar-refractivity contribution is 7.92. The van der Waals surface area contributed by atoms with Crippen LogP contribution in [-0.4, -0.2) is 38.7 Å². The fraction of sp³-hybridized carbons (Fsp3) is 0.0769. The number of benzene rings is 3. The Labute approximate surface area is 202 Å². The minimum atomic E-state index is -4.09. The van der Waals surface area contributed by atoms with E-state index in [1.807, 2.05) is 30.3 Å². The lowest BCUT2D eigenvalue weighted by Gasteiger charge is -2.23. The number of fused-ring (bicyclic) bond motifs is 1. The molecule has 4 rings (SSSR count). The molecule has 0 aliphatic heterocycles. The number of hydrogen-bond acceptors (Lipinski definition) is 6. The van der Waals surface area contributed by atoms with Gasteiger partial charge < -0.3 is 4.74 Å². The minimum Gasteiger partial charge on any atom is -0.497 e. The topological polar surface area (TPSA) is 109 Å². The fourth-order valence-corrected chi connectivity index (χ4v) is 4.75. The maximum atomic E-state index is 13.5. The zero-order valence-corrected chi connectivity index (χ0v) is 19.7. The molecule has 8 nitrogen and oxygen atoms in total. The second kappa shape index (κ2) is 9.85. The number of nitrogens with one attached hydrogen (secondary N) is 1. The van der Waals surface area contributed by atoms with E-state index in [1.54, 1.807) is 23.7 Å². The third-order valence-corrected chi connectivity index (χ3v) is 7.11. The van der Waals surface area contributed by atoms with Crippen LogP contribution in [0.15, 0.2) is 83.9 Å². The summed E-state index contributed by atoms with van der Waals surface area (Å²) in [6.45, 7) is 0. The van der Waals surface area contributed by atoms with Crippen molar-refractivity contribution in [3.8, 4) is 17.6 Å². The van der Waals surface area contributed by atoms with Crippen LogP contribution < -0.4 is 14.5 Å². The van der Waals surface area contributed by atoms with Gasteiger partial charge >= 0.3 is 0 Å². The minimum absolute atomic E-state index is 0.00106. The van der Waals surface area contributed by atoms with E-state index in [0.717, 1.165) is 9.87 Å². The van der Waals surface area contributed by atoms with Gasteiger partial charge in [-0.1, -0.05) is 30.0 Å². The van der Waals surface area contributed by atoms with Gasteiger partial charge in [0, 0.05) is 29.8 Å². The summed E-state index contributed by atoms with van der Waals surface area (Å²) in [7, 11) is -1.27. The molecule has 1 amide bonds. The van der Waals surface area contributed by atoms with Crippen LogP contribution >= 0.6 is 0 Å². The van der Waals surface area contributed by atoms with Crippen LogP contribution in [0.3, 0.4) is 0 Å². The van der Waals surface area contributed by atoms with E-state index in [2.05, 4.69) is 16.8 Å². The second-order valence-electron chi connectivity index (χ2n) is 7.46. The van der Waals surface area contributed by atoms with Gasteiger partial charge in [-0.2, -0.15) is 0 Å². The van der Waals surface area contributed by atoms with Gasteiger partial charge in [0.2, 0.25) is 0 Å². The molecule has 4 aromatic rings. The summed E-state index contributed by atoms with van der Waals surface area (Å²) in [5, 5.41) is 9.66. The predicted molar refractivity (Wildman–Crippen MR) is 132 cm³/mol. The number of hydroxylamine groups is 1. The van der Waals surface area contributed by atoms with Crippen LogP contribution in [-0.2, 0) is 10.0 Å². The highest BCUT2D eigenvalue weighted by Crippen LogP contribution is 2.33. The summed E-state index contributed by atoms with van der Waals surface area (Å²) in [5.41, 5.74) is 3.37. The van der Waals surface area contributed by atoms with Crippen LogP contribution in [0.5, 0.6) is 5.75 Å². The molecular weight excluding hydrogens is 466 g/mol. The molecular formula is C26H21N3O5S. The van der Waals surface area contributed by atoms with E-state index in [4.69, 9.17) is 4.74 Å². The van der Waals surface area contributed by atoms with Crippen molar-refractivity contribution in [3.05, 3.63) is 95.7 Å². The van der Waals surface area contributed by atoms with Crippen molar-refractivity contribution < 1.29 is 23.2 Å². The van der Waals surface area contributed by atoms with Crippen molar-refractivity contribution >= 4 is 32.5 Å². The molecule has 1 heterocycles. The lowest BCUT2D eigenvalue weighted by molar-refractivity contribution is 0.0707. The van der Waals surface area contributed by atoms with Gasteiger partial charge in [0.1, 0.15) is 5.75 Å². The molecule has 1 aromatic heterocycles. The van der Waals surface area contributed by atoms with Gasteiger partial charge in [0.25, 0.3) is 15.9 Å².